The van der Waals surface area contributed by atoms with E-state index in [9.17, 15) is 9.90 Å². The average molecular weight is 215 g/mol. The van der Waals surface area contributed by atoms with Gasteiger partial charge in [-0.05, 0) is 33.1 Å². The van der Waals surface area contributed by atoms with Crippen LogP contribution in [0.25, 0.3) is 0 Å². The average Bonchev–Trinajstić information content (AvgIpc) is 2.06. The van der Waals surface area contributed by atoms with Gasteiger partial charge in [0, 0.05) is 13.1 Å². The van der Waals surface area contributed by atoms with E-state index in [-0.39, 0.29) is 18.1 Å². The van der Waals surface area contributed by atoms with Crippen molar-refractivity contribution in [2.45, 2.75) is 45.8 Å². The minimum Gasteiger partial charge on any atom is -0.444 e. The second-order valence-corrected chi connectivity index (χ2v) is 5.26. The monoisotopic (exact) mass is 215 g/mol. The highest BCUT2D eigenvalue weighted by Gasteiger charge is 2.29. The molecule has 0 bridgehead atoms. The molecule has 0 saturated carbocycles. The quantitative estimate of drug-likeness (QED) is 0.668. The third-order valence-electron chi connectivity index (χ3n) is 2.51. The maximum absolute atomic E-state index is 11.7. The number of carbonyl (C=O) groups is 1. The number of aliphatic hydroxyl groups excluding tert-OH is 1. The van der Waals surface area contributed by atoms with Crippen LogP contribution < -0.4 is 0 Å². The van der Waals surface area contributed by atoms with Crippen molar-refractivity contribution < 1.29 is 14.6 Å². The van der Waals surface area contributed by atoms with Gasteiger partial charge in [0.05, 0.1) is 6.10 Å². The number of carbonyl (C=O) groups excluding carboxylic acids is 1. The lowest BCUT2D eigenvalue weighted by atomic mass is 9.97. The first kappa shape index (κ1) is 12.3. The number of aliphatic hydroxyl groups is 1. The van der Waals surface area contributed by atoms with Crippen LogP contribution in [0, 0.1) is 5.92 Å². The van der Waals surface area contributed by atoms with Crippen LogP contribution >= 0.6 is 0 Å². The summed E-state index contributed by atoms with van der Waals surface area (Å²) in [4.78, 5) is 13.4. The van der Waals surface area contributed by atoms with Crippen LogP contribution in [0.3, 0.4) is 0 Å². The van der Waals surface area contributed by atoms with Crippen LogP contribution in [0.15, 0.2) is 0 Å². The molecule has 4 heteroatoms. The zero-order valence-electron chi connectivity index (χ0n) is 9.99. The van der Waals surface area contributed by atoms with Crippen molar-refractivity contribution in [2.75, 3.05) is 13.1 Å². The fourth-order valence-corrected chi connectivity index (χ4v) is 1.63. The van der Waals surface area contributed by atoms with E-state index < -0.39 is 5.60 Å². The molecule has 1 aliphatic heterocycles. The number of amides is 1. The Morgan fingerprint density at radius 3 is 2.53 bits per heavy atom. The standard InChI is InChI=1S/C11H21NO3/c1-8-7-12(6-5-9(8)13)10(14)15-11(2,3)4/h8-9,13H,5-7H2,1-4H3/t8?,9-/m1/s1. The Labute approximate surface area is 91.2 Å². The molecule has 4 nitrogen and oxygen atoms in total. The molecular weight excluding hydrogens is 194 g/mol. The molecule has 0 aromatic rings. The summed E-state index contributed by atoms with van der Waals surface area (Å²) < 4.78 is 5.27. The molecular formula is C11H21NO3. The van der Waals surface area contributed by atoms with Gasteiger partial charge in [-0.15, -0.1) is 0 Å². The number of piperidine rings is 1. The van der Waals surface area contributed by atoms with Gasteiger partial charge in [0.2, 0.25) is 0 Å². The highest BCUT2D eigenvalue weighted by Crippen LogP contribution is 2.19. The molecule has 0 aromatic carbocycles. The van der Waals surface area contributed by atoms with E-state index in [4.69, 9.17) is 4.74 Å². The summed E-state index contributed by atoms with van der Waals surface area (Å²) in [6.45, 7) is 8.67. The lowest BCUT2D eigenvalue weighted by Crippen LogP contribution is -2.46. The molecule has 1 rings (SSSR count). The largest absolute Gasteiger partial charge is 0.444 e. The fraction of sp³-hybridized carbons (Fsp3) is 0.909. The second kappa shape index (κ2) is 4.39. The van der Waals surface area contributed by atoms with E-state index in [1.54, 1.807) is 4.90 Å². The summed E-state index contributed by atoms with van der Waals surface area (Å²) in [5.41, 5.74) is -0.448. The summed E-state index contributed by atoms with van der Waals surface area (Å²) in [6.07, 6.45) is 0.0744. The van der Waals surface area contributed by atoms with E-state index in [1.807, 2.05) is 27.7 Å². The van der Waals surface area contributed by atoms with E-state index in [1.165, 1.54) is 0 Å². The van der Waals surface area contributed by atoms with Crippen LogP contribution in [0.2, 0.25) is 0 Å². The Morgan fingerprint density at radius 1 is 1.47 bits per heavy atom. The van der Waals surface area contributed by atoms with E-state index in [2.05, 4.69) is 0 Å². The van der Waals surface area contributed by atoms with Gasteiger partial charge < -0.3 is 14.7 Å². The number of hydrogen-bond acceptors (Lipinski definition) is 3. The van der Waals surface area contributed by atoms with Crippen molar-refractivity contribution >= 4 is 6.09 Å². The van der Waals surface area contributed by atoms with Crippen LogP contribution in [-0.4, -0.2) is 40.9 Å². The SMILES string of the molecule is CC1CN(C(=O)OC(C)(C)C)CC[C@H]1O. The van der Waals surface area contributed by atoms with Crippen molar-refractivity contribution in [2.24, 2.45) is 5.92 Å². The molecule has 2 atom stereocenters. The molecule has 1 amide bonds. The molecule has 1 heterocycles. The Morgan fingerprint density at radius 2 is 2.07 bits per heavy atom. The van der Waals surface area contributed by atoms with Gasteiger partial charge in [0.1, 0.15) is 5.60 Å². The zero-order chi connectivity index (χ0) is 11.6. The Balaban J connectivity index is 2.48. The molecule has 1 N–H and O–H groups in total. The predicted molar refractivity (Wildman–Crippen MR) is 57.6 cm³/mol. The topological polar surface area (TPSA) is 49.8 Å². The minimum atomic E-state index is -0.448. The molecule has 1 fully saturated rings. The number of hydrogen-bond donors (Lipinski definition) is 1. The van der Waals surface area contributed by atoms with Gasteiger partial charge >= 0.3 is 6.09 Å². The summed E-state index contributed by atoms with van der Waals surface area (Å²) in [5, 5.41) is 9.53. The summed E-state index contributed by atoms with van der Waals surface area (Å²) in [7, 11) is 0. The van der Waals surface area contributed by atoms with Crippen LogP contribution in [-0.2, 0) is 4.74 Å². The van der Waals surface area contributed by atoms with Crippen LogP contribution in [0.5, 0.6) is 0 Å². The number of rotatable bonds is 0. The Hall–Kier alpha value is -0.770. The third-order valence-corrected chi connectivity index (χ3v) is 2.51. The molecule has 0 radical (unpaired) electrons. The van der Waals surface area contributed by atoms with Gasteiger partial charge in [0.15, 0.2) is 0 Å². The van der Waals surface area contributed by atoms with Gasteiger partial charge in [-0.25, -0.2) is 4.79 Å². The van der Waals surface area contributed by atoms with Crippen LogP contribution in [0.1, 0.15) is 34.1 Å². The molecule has 15 heavy (non-hydrogen) atoms. The molecule has 1 saturated heterocycles. The van der Waals surface area contributed by atoms with Gasteiger partial charge in [0.25, 0.3) is 0 Å². The minimum absolute atomic E-state index is 0.131. The zero-order valence-corrected chi connectivity index (χ0v) is 9.99. The lowest BCUT2D eigenvalue weighted by molar-refractivity contribution is -0.00488. The first-order valence-electron chi connectivity index (χ1n) is 5.45. The van der Waals surface area contributed by atoms with Crippen molar-refractivity contribution in [3.05, 3.63) is 0 Å². The van der Waals surface area contributed by atoms with E-state index >= 15 is 0 Å². The van der Waals surface area contributed by atoms with E-state index in [0.29, 0.717) is 19.5 Å². The van der Waals surface area contributed by atoms with Gasteiger partial charge in [-0.3, -0.25) is 0 Å². The van der Waals surface area contributed by atoms with Crippen molar-refractivity contribution in [1.82, 2.24) is 4.90 Å². The molecule has 88 valence electrons. The first-order valence-corrected chi connectivity index (χ1v) is 5.45. The normalized spacial score (nSPS) is 27.7. The lowest BCUT2D eigenvalue weighted by Gasteiger charge is -2.35. The van der Waals surface area contributed by atoms with Crippen molar-refractivity contribution in [3.8, 4) is 0 Å². The van der Waals surface area contributed by atoms with Crippen molar-refractivity contribution in [1.29, 1.82) is 0 Å². The molecule has 1 unspecified atom stereocenters. The maximum Gasteiger partial charge on any atom is 0.410 e. The molecule has 0 aromatic heterocycles. The molecule has 0 aliphatic carbocycles. The summed E-state index contributed by atoms with van der Waals surface area (Å²) >= 11 is 0. The van der Waals surface area contributed by atoms with Crippen molar-refractivity contribution in [3.63, 3.8) is 0 Å². The Kier molecular flexibility index (Phi) is 3.60. The smallest absolute Gasteiger partial charge is 0.410 e. The third kappa shape index (κ3) is 3.70. The van der Waals surface area contributed by atoms with Crippen LogP contribution in [0.4, 0.5) is 4.79 Å². The summed E-state index contributed by atoms with van der Waals surface area (Å²) in [5.74, 6) is 0.131. The maximum atomic E-state index is 11.7. The first-order chi connectivity index (χ1) is 6.79. The second-order valence-electron chi connectivity index (χ2n) is 5.26. The molecule has 1 aliphatic rings. The number of ether oxygens (including phenoxy) is 1. The van der Waals surface area contributed by atoms with E-state index in [0.717, 1.165) is 0 Å². The fourth-order valence-electron chi connectivity index (χ4n) is 1.63. The number of nitrogens with zero attached hydrogens (tertiary/aromatic N) is 1. The highest BCUT2D eigenvalue weighted by molar-refractivity contribution is 5.68. The summed E-state index contributed by atoms with van der Waals surface area (Å²) in [6, 6.07) is 0. The van der Waals surface area contributed by atoms with Gasteiger partial charge in [-0.2, -0.15) is 0 Å². The predicted octanol–water partition coefficient (Wildman–Crippen LogP) is 1.62. The Bertz CT molecular complexity index is 234. The highest BCUT2D eigenvalue weighted by atomic mass is 16.6. The molecule has 0 spiro atoms. The number of likely N-dealkylation sites (tertiary alicyclic amines) is 1. The van der Waals surface area contributed by atoms with Gasteiger partial charge in [-0.1, -0.05) is 6.92 Å².